The van der Waals surface area contributed by atoms with E-state index in [2.05, 4.69) is 29.9 Å². The number of fused-ring (bicyclic) bond motifs is 2. The van der Waals surface area contributed by atoms with Crippen molar-refractivity contribution in [2.45, 2.75) is 6.92 Å². The highest BCUT2D eigenvalue weighted by Gasteiger charge is 2.14. The summed E-state index contributed by atoms with van der Waals surface area (Å²) in [4.78, 5) is 46.2. The summed E-state index contributed by atoms with van der Waals surface area (Å²) in [6.07, 6.45) is 5.32. The second kappa shape index (κ2) is 11.3. The molecule has 0 saturated carbocycles. The molecule has 11 nitrogen and oxygen atoms in total. The van der Waals surface area contributed by atoms with Gasteiger partial charge in [-0.1, -0.05) is 0 Å². The molecular weight excluding hydrogens is 546 g/mol. The van der Waals surface area contributed by atoms with E-state index in [9.17, 15) is 18.4 Å². The van der Waals surface area contributed by atoms with Crippen molar-refractivity contribution in [3.63, 3.8) is 0 Å². The number of nitrogens with two attached hydrogens (primary N) is 2. The van der Waals surface area contributed by atoms with Gasteiger partial charge in [0.15, 0.2) is 5.78 Å². The third-order valence-corrected chi connectivity index (χ3v) is 6.18. The third-order valence-electron chi connectivity index (χ3n) is 6.18. The second-order valence-corrected chi connectivity index (χ2v) is 8.90. The monoisotopic (exact) mass is 566 g/mol. The molecule has 0 unspecified atom stereocenters. The molecule has 0 amide bonds. The van der Waals surface area contributed by atoms with Crippen LogP contribution in [0.2, 0.25) is 0 Å². The zero-order valence-electron chi connectivity index (χ0n) is 21.8. The van der Waals surface area contributed by atoms with Gasteiger partial charge in [0.25, 0.3) is 0 Å². The lowest BCUT2D eigenvalue weighted by atomic mass is 10.1. The number of rotatable bonds is 4. The lowest BCUT2D eigenvalue weighted by Crippen LogP contribution is -2.03. The Morgan fingerprint density at radius 3 is 1.57 bits per heavy atom. The SMILES string of the molecule is CC(=O)c1cnc(N)c2nc(-c3ccnc(F)c3)ccc12.Nc1ncc(C(=O)O)c2ccc(-c3ccnc(F)c3)nc12. The van der Waals surface area contributed by atoms with Gasteiger partial charge in [0.1, 0.15) is 22.7 Å². The van der Waals surface area contributed by atoms with Crippen LogP contribution in [-0.4, -0.2) is 46.8 Å². The van der Waals surface area contributed by atoms with Crippen LogP contribution < -0.4 is 11.5 Å². The summed E-state index contributed by atoms with van der Waals surface area (Å²) in [6.45, 7) is 1.46. The van der Waals surface area contributed by atoms with E-state index in [0.29, 0.717) is 44.4 Å². The Labute approximate surface area is 236 Å². The average molecular weight is 567 g/mol. The molecule has 6 rings (SSSR count). The average Bonchev–Trinajstić information content (AvgIpc) is 2.97. The maximum atomic E-state index is 13.2. The van der Waals surface area contributed by atoms with Gasteiger partial charge in [-0.2, -0.15) is 8.78 Å². The number of halogens is 2. The Bertz CT molecular complexity index is 1880. The maximum Gasteiger partial charge on any atom is 0.337 e. The minimum Gasteiger partial charge on any atom is -0.478 e. The topological polar surface area (TPSA) is 184 Å². The van der Waals surface area contributed by atoms with Crippen LogP contribution in [0.5, 0.6) is 0 Å². The fourth-order valence-corrected chi connectivity index (χ4v) is 4.17. The number of hydrogen-bond acceptors (Lipinski definition) is 10. The van der Waals surface area contributed by atoms with E-state index in [1.54, 1.807) is 36.4 Å². The van der Waals surface area contributed by atoms with Crippen LogP contribution in [0.25, 0.3) is 44.3 Å². The molecule has 0 spiro atoms. The summed E-state index contributed by atoms with van der Waals surface area (Å²) in [5.41, 5.74) is 14.8. The summed E-state index contributed by atoms with van der Waals surface area (Å²) in [5, 5.41) is 10.1. The number of carbonyl (C=O) groups excluding carboxylic acids is 1. The number of pyridine rings is 6. The van der Waals surface area contributed by atoms with Crippen LogP contribution >= 0.6 is 0 Å². The van der Waals surface area contributed by atoms with E-state index < -0.39 is 17.9 Å². The molecule has 0 aliphatic heterocycles. The fraction of sp³-hybridized carbons (Fsp3) is 0.0345. The zero-order chi connectivity index (χ0) is 30.0. The van der Waals surface area contributed by atoms with Crippen molar-refractivity contribution in [2.24, 2.45) is 0 Å². The van der Waals surface area contributed by atoms with E-state index >= 15 is 0 Å². The molecule has 0 bridgehead atoms. The van der Waals surface area contributed by atoms with E-state index in [1.165, 1.54) is 43.8 Å². The molecule has 5 N–H and O–H groups in total. The van der Waals surface area contributed by atoms with E-state index in [-0.39, 0.29) is 28.5 Å². The van der Waals surface area contributed by atoms with Crippen LogP contribution in [0.4, 0.5) is 20.4 Å². The van der Waals surface area contributed by atoms with Gasteiger partial charge in [-0.15, -0.1) is 0 Å². The number of aromatic nitrogens is 6. The smallest absolute Gasteiger partial charge is 0.337 e. The van der Waals surface area contributed by atoms with Gasteiger partial charge in [0.05, 0.1) is 17.0 Å². The Hall–Kier alpha value is -5.98. The highest BCUT2D eigenvalue weighted by atomic mass is 19.1. The molecule has 0 aliphatic rings. The minimum atomic E-state index is -1.11. The number of carboxylic acids is 1. The van der Waals surface area contributed by atoms with Gasteiger partial charge < -0.3 is 16.6 Å². The number of Topliss-reactive ketones (excluding diaryl/α,β-unsaturated/α-hetero) is 1. The number of carboxylic acid groups (broad SMARTS) is 1. The van der Waals surface area contributed by atoms with Crippen LogP contribution in [0.1, 0.15) is 27.6 Å². The van der Waals surface area contributed by atoms with Crippen molar-refractivity contribution in [3.8, 4) is 22.5 Å². The van der Waals surface area contributed by atoms with Gasteiger partial charge in [-0.05, 0) is 43.3 Å². The molecule has 6 aromatic heterocycles. The van der Waals surface area contributed by atoms with Crippen molar-refractivity contribution in [1.29, 1.82) is 0 Å². The Balaban J connectivity index is 0.000000168. The number of nitrogens with zero attached hydrogens (tertiary/aromatic N) is 6. The molecule has 13 heteroatoms. The molecule has 6 aromatic rings. The lowest BCUT2D eigenvalue weighted by molar-refractivity contribution is 0.0698. The number of ketones is 1. The molecule has 0 aliphatic carbocycles. The highest BCUT2D eigenvalue weighted by Crippen LogP contribution is 2.27. The van der Waals surface area contributed by atoms with Crippen molar-refractivity contribution in [1.82, 2.24) is 29.9 Å². The summed E-state index contributed by atoms with van der Waals surface area (Å²) in [6, 6.07) is 12.4. The quantitative estimate of drug-likeness (QED) is 0.198. The summed E-state index contributed by atoms with van der Waals surface area (Å²) < 4.78 is 26.4. The van der Waals surface area contributed by atoms with E-state index in [0.717, 1.165) is 0 Å². The van der Waals surface area contributed by atoms with Crippen molar-refractivity contribution < 1.29 is 23.5 Å². The van der Waals surface area contributed by atoms with Gasteiger partial charge in [0, 0.05) is 64.4 Å². The number of anilines is 2. The molecule has 0 fully saturated rings. The molecule has 0 radical (unpaired) electrons. The standard InChI is InChI=1S/C15H11FN4O.C14H9FN4O2/c1-8(21)11-7-19-15(17)14-10(11)2-3-12(20-14)9-4-5-18-13(16)6-9;15-11-5-7(3-4-17-11)10-2-1-8-9(14(20)21)6-18-13(16)12(8)19-10/h2-7H,1H3,(H2,17,19);1-6H,(H2,16,18)(H,20,21). The van der Waals surface area contributed by atoms with E-state index in [1.807, 2.05) is 0 Å². The van der Waals surface area contributed by atoms with Crippen LogP contribution in [-0.2, 0) is 0 Å². The van der Waals surface area contributed by atoms with Gasteiger partial charge in [-0.3, -0.25) is 4.79 Å². The van der Waals surface area contributed by atoms with E-state index in [4.69, 9.17) is 16.6 Å². The highest BCUT2D eigenvalue weighted by molar-refractivity contribution is 6.08. The lowest BCUT2D eigenvalue weighted by Gasteiger charge is -2.07. The molecule has 0 saturated heterocycles. The third kappa shape index (κ3) is 5.51. The first-order chi connectivity index (χ1) is 20.1. The Morgan fingerprint density at radius 2 is 1.14 bits per heavy atom. The molecule has 0 aromatic carbocycles. The minimum absolute atomic E-state index is 0.0131. The maximum absolute atomic E-state index is 13.2. The first-order valence-electron chi connectivity index (χ1n) is 12.2. The second-order valence-electron chi connectivity index (χ2n) is 8.90. The number of carbonyl (C=O) groups is 2. The van der Waals surface area contributed by atoms with Crippen molar-refractivity contribution >= 4 is 45.2 Å². The predicted octanol–water partition coefficient (Wildman–Crippen LogP) is 4.73. The normalized spacial score (nSPS) is 10.7. The molecule has 6 heterocycles. The fourth-order valence-electron chi connectivity index (χ4n) is 4.17. The van der Waals surface area contributed by atoms with Crippen LogP contribution in [0.15, 0.2) is 73.3 Å². The Morgan fingerprint density at radius 1 is 0.690 bits per heavy atom. The summed E-state index contributed by atoms with van der Waals surface area (Å²) in [5.74, 6) is -2.09. The van der Waals surface area contributed by atoms with Crippen molar-refractivity contribution in [2.75, 3.05) is 11.5 Å². The molecule has 208 valence electrons. The zero-order valence-corrected chi connectivity index (χ0v) is 21.8. The largest absolute Gasteiger partial charge is 0.478 e. The number of hydrogen-bond donors (Lipinski definition) is 3. The first-order valence-corrected chi connectivity index (χ1v) is 12.2. The van der Waals surface area contributed by atoms with Crippen LogP contribution in [0.3, 0.4) is 0 Å². The molecule has 0 atom stereocenters. The van der Waals surface area contributed by atoms with Crippen LogP contribution in [0, 0.1) is 11.9 Å². The van der Waals surface area contributed by atoms with Gasteiger partial charge >= 0.3 is 5.97 Å². The van der Waals surface area contributed by atoms with Gasteiger partial charge in [0.2, 0.25) is 11.9 Å². The Kier molecular flexibility index (Phi) is 7.39. The number of aromatic carboxylic acids is 1. The van der Waals surface area contributed by atoms with Gasteiger partial charge in [-0.25, -0.2) is 34.7 Å². The predicted molar refractivity (Wildman–Crippen MR) is 151 cm³/mol. The molecule has 42 heavy (non-hydrogen) atoms. The number of nitrogen functional groups attached to an aromatic ring is 2. The van der Waals surface area contributed by atoms with Crippen molar-refractivity contribution in [3.05, 3.63) is 96.3 Å². The summed E-state index contributed by atoms with van der Waals surface area (Å²) in [7, 11) is 0. The molecular formula is C29H20F2N8O3. The summed E-state index contributed by atoms with van der Waals surface area (Å²) >= 11 is 0. The first kappa shape index (κ1) is 27.6.